The Morgan fingerprint density at radius 2 is 1.73 bits per heavy atom. The molecule has 0 amide bonds. The molecule has 7 rings (SSSR count). The lowest BCUT2D eigenvalue weighted by Crippen LogP contribution is -2.45. The van der Waals surface area contributed by atoms with Crippen LogP contribution in [0.5, 0.6) is 5.75 Å². The van der Waals surface area contributed by atoms with E-state index in [0.29, 0.717) is 50.1 Å². The number of ether oxygens (including phenoxy) is 2. The molecule has 1 aromatic carbocycles. The Labute approximate surface area is 262 Å². The van der Waals surface area contributed by atoms with Crippen LogP contribution >= 0.6 is 0 Å². The minimum absolute atomic E-state index is 0.0697. The average Bonchev–Trinajstić information content (AvgIpc) is 3.63. The monoisotopic (exact) mass is 612 g/mol. The molecule has 4 aromatic rings. The first-order valence-electron chi connectivity index (χ1n) is 15.7. The van der Waals surface area contributed by atoms with Crippen molar-refractivity contribution in [2.75, 3.05) is 78.0 Å². The highest BCUT2D eigenvalue weighted by Crippen LogP contribution is 2.26. The largest absolute Gasteiger partial charge is 0.492 e. The number of hydrogen-bond acceptors (Lipinski definition) is 13. The molecule has 45 heavy (non-hydrogen) atoms. The zero-order chi connectivity index (χ0) is 30.8. The van der Waals surface area contributed by atoms with Crippen LogP contribution in [0.2, 0.25) is 0 Å². The fourth-order valence-corrected chi connectivity index (χ4v) is 5.96. The van der Waals surface area contributed by atoms with Gasteiger partial charge in [-0.2, -0.15) is 5.10 Å². The standard InChI is InChI=1S/C31H40N12O2/c1-22-27(18-35-40(22)3)28-19-32-29-30(36-28)43(38-37-29)21-26-20-42(13-15-45-26)31-33-16-24(17-34-31)23-4-6-25(7-5-23)44-14-12-41-10-8-39(2)9-11-41/h4-7,16-19,22,26-27H,8-15,20-21H2,1-3H3/t22?,26-,27?/m0/s1. The molecule has 0 aliphatic carbocycles. The van der Waals surface area contributed by atoms with E-state index in [0.717, 1.165) is 55.3 Å². The Bertz CT molecular complexity index is 1600. The van der Waals surface area contributed by atoms with E-state index in [1.54, 1.807) is 10.9 Å². The number of morpholine rings is 1. The van der Waals surface area contributed by atoms with E-state index in [-0.39, 0.29) is 18.1 Å². The molecule has 0 bridgehead atoms. The summed E-state index contributed by atoms with van der Waals surface area (Å²) in [5, 5.41) is 14.9. The number of rotatable bonds is 9. The summed E-state index contributed by atoms with van der Waals surface area (Å²) in [6.45, 7) is 10.6. The summed E-state index contributed by atoms with van der Waals surface area (Å²) in [5.74, 6) is 1.63. The smallest absolute Gasteiger partial charge is 0.225 e. The van der Waals surface area contributed by atoms with Crippen LogP contribution in [0.1, 0.15) is 18.5 Å². The van der Waals surface area contributed by atoms with Gasteiger partial charge in [0.15, 0.2) is 5.65 Å². The van der Waals surface area contributed by atoms with Crippen molar-refractivity contribution >= 4 is 23.5 Å². The fraction of sp³-hybridized carbons (Fsp3) is 0.516. The maximum Gasteiger partial charge on any atom is 0.225 e. The fourth-order valence-electron chi connectivity index (χ4n) is 5.96. The summed E-state index contributed by atoms with van der Waals surface area (Å²) in [7, 11) is 4.14. The molecule has 2 fully saturated rings. The maximum atomic E-state index is 6.11. The van der Waals surface area contributed by atoms with Gasteiger partial charge in [0.05, 0.1) is 43.1 Å². The van der Waals surface area contributed by atoms with Crippen LogP contribution in [0.25, 0.3) is 22.4 Å². The molecule has 14 nitrogen and oxygen atoms in total. The summed E-state index contributed by atoms with van der Waals surface area (Å²) in [5.41, 5.74) is 4.04. The van der Waals surface area contributed by atoms with Gasteiger partial charge in [-0.1, -0.05) is 17.3 Å². The molecule has 3 atom stereocenters. The van der Waals surface area contributed by atoms with E-state index in [1.165, 1.54) is 0 Å². The second kappa shape index (κ2) is 13.0. The Balaban J connectivity index is 0.946. The van der Waals surface area contributed by atoms with E-state index < -0.39 is 0 Å². The zero-order valence-corrected chi connectivity index (χ0v) is 26.1. The lowest BCUT2D eigenvalue weighted by atomic mass is 10.0. The molecule has 236 valence electrons. The Hall–Kier alpha value is -4.27. The van der Waals surface area contributed by atoms with Crippen molar-refractivity contribution in [3.63, 3.8) is 0 Å². The third-order valence-electron chi connectivity index (χ3n) is 9.00. The van der Waals surface area contributed by atoms with Gasteiger partial charge < -0.3 is 19.3 Å². The molecule has 0 spiro atoms. The van der Waals surface area contributed by atoms with E-state index in [4.69, 9.17) is 24.4 Å². The van der Waals surface area contributed by atoms with Gasteiger partial charge in [0.2, 0.25) is 11.6 Å². The topological polar surface area (TPSA) is 126 Å². The van der Waals surface area contributed by atoms with Gasteiger partial charge in [-0.15, -0.1) is 5.10 Å². The van der Waals surface area contributed by atoms with Crippen LogP contribution in [0.15, 0.2) is 48.0 Å². The SMILES string of the molecule is CC1C(c2cnc3nnn(C[C@@H]4CN(c5ncc(-c6ccc(OCCN7CCN(C)CC7)cc6)cn5)CCO4)c3n2)C=NN1C. The van der Waals surface area contributed by atoms with Crippen molar-refractivity contribution in [2.24, 2.45) is 5.10 Å². The molecule has 14 heteroatoms. The summed E-state index contributed by atoms with van der Waals surface area (Å²) >= 11 is 0. The molecule has 3 aliphatic heterocycles. The van der Waals surface area contributed by atoms with Crippen molar-refractivity contribution in [2.45, 2.75) is 31.5 Å². The van der Waals surface area contributed by atoms with Crippen LogP contribution in [0.4, 0.5) is 5.95 Å². The number of anilines is 1. The van der Waals surface area contributed by atoms with Crippen LogP contribution < -0.4 is 9.64 Å². The van der Waals surface area contributed by atoms with Crippen molar-refractivity contribution in [1.29, 1.82) is 0 Å². The average molecular weight is 613 g/mol. The Kier molecular flexibility index (Phi) is 8.50. The second-order valence-corrected chi connectivity index (χ2v) is 12.0. The predicted octanol–water partition coefficient (Wildman–Crippen LogP) is 1.61. The number of benzene rings is 1. The van der Waals surface area contributed by atoms with Crippen molar-refractivity contribution in [3.8, 4) is 16.9 Å². The summed E-state index contributed by atoms with van der Waals surface area (Å²) < 4.78 is 13.9. The third-order valence-corrected chi connectivity index (χ3v) is 9.00. The molecule has 6 heterocycles. The summed E-state index contributed by atoms with van der Waals surface area (Å²) in [6, 6.07) is 8.36. The van der Waals surface area contributed by atoms with Crippen LogP contribution in [0.3, 0.4) is 0 Å². The lowest BCUT2D eigenvalue weighted by Gasteiger charge is -2.32. The highest BCUT2D eigenvalue weighted by molar-refractivity contribution is 5.72. The minimum Gasteiger partial charge on any atom is -0.492 e. The summed E-state index contributed by atoms with van der Waals surface area (Å²) in [6.07, 6.45) is 7.32. The number of fused-ring (bicyclic) bond motifs is 1. The van der Waals surface area contributed by atoms with E-state index in [2.05, 4.69) is 61.2 Å². The second-order valence-electron chi connectivity index (χ2n) is 12.0. The Morgan fingerprint density at radius 3 is 2.49 bits per heavy atom. The van der Waals surface area contributed by atoms with Crippen molar-refractivity contribution in [1.82, 2.24) is 49.7 Å². The number of piperazine rings is 1. The molecular weight excluding hydrogens is 572 g/mol. The van der Waals surface area contributed by atoms with Gasteiger partial charge in [0.25, 0.3) is 0 Å². The molecular formula is C31H40N12O2. The Morgan fingerprint density at radius 1 is 0.933 bits per heavy atom. The van der Waals surface area contributed by atoms with Crippen LogP contribution in [-0.4, -0.2) is 141 Å². The highest BCUT2D eigenvalue weighted by Gasteiger charge is 2.29. The highest BCUT2D eigenvalue weighted by atomic mass is 16.5. The molecule has 0 saturated carbocycles. The quantitative estimate of drug-likeness (QED) is 0.273. The molecule has 2 saturated heterocycles. The molecule has 3 aliphatic rings. The first-order valence-corrected chi connectivity index (χ1v) is 15.7. The lowest BCUT2D eigenvalue weighted by molar-refractivity contribution is 0.0272. The van der Waals surface area contributed by atoms with Gasteiger partial charge in [-0.25, -0.2) is 24.6 Å². The van der Waals surface area contributed by atoms with E-state index in [1.807, 2.05) is 42.8 Å². The van der Waals surface area contributed by atoms with Crippen LogP contribution in [-0.2, 0) is 11.3 Å². The first-order chi connectivity index (χ1) is 22.0. The number of hydrogen-bond donors (Lipinski definition) is 0. The summed E-state index contributed by atoms with van der Waals surface area (Å²) in [4.78, 5) is 25.8. The maximum absolute atomic E-state index is 6.11. The number of nitrogens with zero attached hydrogens (tertiary/aromatic N) is 12. The van der Waals surface area contributed by atoms with Crippen LogP contribution in [0, 0.1) is 0 Å². The molecule has 0 radical (unpaired) electrons. The normalized spacial score (nSPS) is 22.9. The van der Waals surface area contributed by atoms with Gasteiger partial charge in [-0.3, -0.25) is 9.91 Å². The van der Waals surface area contributed by atoms with Gasteiger partial charge >= 0.3 is 0 Å². The number of aromatic nitrogens is 7. The van der Waals surface area contributed by atoms with Gasteiger partial charge in [0.1, 0.15) is 12.4 Å². The predicted molar refractivity (Wildman–Crippen MR) is 170 cm³/mol. The van der Waals surface area contributed by atoms with Crippen molar-refractivity contribution in [3.05, 3.63) is 48.5 Å². The van der Waals surface area contributed by atoms with Gasteiger partial charge in [-0.05, 0) is 31.7 Å². The number of likely N-dealkylation sites (N-methyl/N-ethyl adjacent to an activating group) is 2. The molecule has 0 N–H and O–H groups in total. The van der Waals surface area contributed by atoms with Gasteiger partial charge in [0, 0.05) is 77.0 Å². The molecule has 2 unspecified atom stereocenters. The molecule has 3 aromatic heterocycles. The first kappa shape index (κ1) is 29.4. The van der Waals surface area contributed by atoms with E-state index in [9.17, 15) is 0 Å². The number of hydrazone groups is 1. The van der Waals surface area contributed by atoms with Crippen molar-refractivity contribution < 1.29 is 9.47 Å². The van der Waals surface area contributed by atoms with E-state index >= 15 is 0 Å². The third kappa shape index (κ3) is 6.58. The zero-order valence-electron chi connectivity index (χ0n) is 26.1. The minimum atomic E-state index is -0.126.